The van der Waals surface area contributed by atoms with E-state index in [1.165, 1.54) is 25.7 Å². The smallest absolute Gasteiger partial charge is 0.0762 e. The molecule has 1 aromatic heterocycles. The summed E-state index contributed by atoms with van der Waals surface area (Å²) in [5, 5.41) is 8.36. The molecule has 0 aliphatic heterocycles. The Kier molecular flexibility index (Phi) is 6.37. The van der Waals surface area contributed by atoms with Gasteiger partial charge in [0.2, 0.25) is 0 Å². The van der Waals surface area contributed by atoms with Gasteiger partial charge in [-0.25, -0.2) is 0 Å². The largest absolute Gasteiger partial charge is 0.310 e. The van der Waals surface area contributed by atoms with Crippen LogP contribution in [0.4, 0.5) is 0 Å². The van der Waals surface area contributed by atoms with Crippen molar-refractivity contribution in [1.82, 2.24) is 15.1 Å². The second-order valence-corrected chi connectivity index (χ2v) is 6.51. The quantitative estimate of drug-likeness (QED) is 0.731. The van der Waals surface area contributed by atoms with E-state index in [0.717, 1.165) is 31.6 Å². The third-order valence-corrected chi connectivity index (χ3v) is 5.08. The Balaban J connectivity index is 1.74. The number of hydrogen-bond acceptors (Lipinski definition) is 2. The minimum Gasteiger partial charge on any atom is -0.310 e. The average Bonchev–Trinajstić information content (AvgIpc) is 3.10. The van der Waals surface area contributed by atoms with Crippen LogP contribution in [0.15, 0.2) is 12.3 Å². The van der Waals surface area contributed by atoms with Gasteiger partial charge in [0.15, 0.2) is 0 Å². The zero-order chi connectivity index (χ0) is 14.4. The maximum absolute atomic E-state index is 6.43. The van der Waals surface area contributed by atoms with E-state index < -0.39 is 0 Å². The molecule has 1 atom stereocenters. The van der Waals surface area contributed by atoms with Gasteiger partial charge in [-0.15, -0.1) is 11.6 Å². The summed E-state index contributed by atoms with van der Waals surface area (Å²) >= 11 is 6.43. The normalized spacial score (nSPS) is 18.0. The highest BCUT2D eigenvalue weighted by atomic mass is 35.5. The molecule has 1 unspecified atom stereocenters. The van der Waals surface area contributed by atoms with Crippen molar-refractivity contribution in [2.75, 3.05) is 6.54 Å². The van der Waals surface area contributed by atoms with Gasteiger partial charge >= 0.3 is 0 Å². The van der Waals surface area contributed by atoms with Crippen LogP contribution >= 0.6 is 11.6 Å². The molecule has 0 aromatic carbocycles. The molecule has 1 saturated carbocycles. The molecular formula is C16H28ClN3. The summed E-state index contributed by atoms with van der Waals surface area (Å²) in [5.41, 5.74) is 1.13. The fraction of sp³-hybridized carbons (Fsp3) is 0.812. The second-order valence-electron chi connectivity index (χ2n) is 5.95. The van der Waals surface area contributed by atoms with E-state index in [2.05, 4.69) is 41.2 Å². The lowest BCUT2D eigenvalue weighted by atomic mass is 9.99. The first-order valence-corrected chi connectivity index (χ1v) is 8.57. The number of aromatic nitrogens is 2. The third kappa shape index (κ3) is 4.23. The van der Waals surface area contributed by atoms with Gasteiger partial charge in [-0.05, 0) is 24.8 Å². The Morgan fingerprint density at radius 1 is 1.35 bits per heavy atom. The van der Waals surface area contributed by atoms with Crippen LogP contribution in [0.3, 0.4) is 0 Å². The van der Waals surface area contributed by atoms with E-state index in [0.29, 0.717) is 12.0 Å². The Hall–Kier alpha value is -0.540. The SMILES string of the molecule is CCC(CC)C(Cl)CNCc1ccn(C2CCCC2)n1. The number of nitrogens with zero attached hydrogens (tertiary/aromatic N) is 2. The van der Waals surface area contributed by atoms with E-state index in [4.69, 9.17) is 11.6 Å². The molecule has 1 aliphatic rings. The van der Waals surface area contributed by atoms with Crippen LogP contribution in [0.1, 0.15) is 64.1 Å². The van der Waals surface area contributed by atoms with Gasteiger partial charge in [0.25, 0.3) is 0 Å². The molecule has 0 amide bonds. The predicted octanol–water partition coefficient (Wildman–Crippen LogP) is 4.13. The molecule has 1 aliphatic carbocycles. The lowest BCUT2D eigenvalue weighted by molar-refractivity contribution is 0.440. The summed E-state index contributed by atoms with van der Waals surface area (Å²) in [7, 11) is 0. The lowest BCUT2D eigenvalue weighted by Crippen LogP contribution is -2.28. The number of halogens is 1. The highest BCUT2D eigenvalue weighted by Crippen LogP contribution is 2.28. The van der Waals surface area contributed by atoms with Crippen molar-refractivity contribution >= 4 is 11.6 Å². The van der Waals surface area contributed by atoms with Crippen LogP contribution < -0.4 is 5.32 Å². The van der Waals surface area contributed by atoms with E-state index in [1.54, 1.807) is 0 Å². The summed E-state index contributed by atoms with van der Waals surface area (Å²) < 4.78 is 2.16. The van der Waals surface area contributed by atoms with Crippen LogP contribution in [0, 0.1) is 5.92 Å². The van der Waals surface area contributed by atoms with E-state index >= 15 is 0 Å². The van der Waals surface area contributed by atoms with Gasteiger partial charge in [-0.2, -0.15) is 5.10 Å². The Morgan fingerprint density at radius 3 is 2.70 bits per heavy atom. The molecule has 20 heavy (non-hydrogen) atoms. The van der Waals surface area contributed by atoms with Crippen LogP contribution in [0.2, 0.25) is 0 Å². The maximum atomic E-state index is 6.43. The van der Waals surface area contributed by atoms with Crippen molar-refractivity contribution in [3.63, 3.8) is 0 Å². The molecule has 2 rings (SSSR count). The van der Waals surface area contributed by atoms with E-state index in [-0.39, 0.29) is 5.38 Å². The molecule has 0 spiro atoms. The molecule has 1 heterocycles. The molecule has 1 fully saturated rings. The Morgan fingerprint density at radius 2 is 2.05 bits per heavy atom. The highest BCUT2D eigenvalue weighted by Gasteiger charge is 2.18. The first-order valence-electron chi connectivity index (χ1n) is 8.13. The van der Waals surface area contributed by atoms with Crippen molar-refractivity contribution in [1.29, 1.82) is 0 Å². The third-order valence-electron chi connectivity index (χ3n) is 4.57. The molecule has 0 saturated heterocycles. The van der Waals surface area contributed by atoms with Gasteiger partial charge in [-0.1, -0.05) is 39.5 Å². The summed E-state index contributed by atoms with van der Waals surface area (Å²) in [5.74, 6) is 0.611. The minimum atomic E-state index is 0.224. The average molecular weight is 298 g/mol. The van der Waals surface area contributed by atoms with E-state index in [9.17, 15) is 0 Å². The van der Waals surface area contributed by atoms with Crippen LogP contribution in [0.5, 0.6) is 0 Å². The maximum Gasteiger partial charge on any atom is 0.0762 e. The Bertz CT molecular complexity index is 381. The van der Waals surface area contributed by atoms with Gasteiger partial charge in [0.1, 0.15) is 0 Å². The number of rotatable bonds is 8. The van der Waals surface area contributed by atoms with Crippen molar-refractivity contribution < 1.29 is 0 Å². The monoisotopic (exact) mass is 297 g/mol. The van der Waals surface area contributed by atoms with Gasteiger partial charge in [0, 0.05) is 24.7 Å². The van der Waals surface area contributed by atoms with Crippen molar-refractivity contribution in [3.05, 3.63) is 18.0 Å². The van der Waals surface area contributed by atoms with Crippen LogP contribution in [-0.4, -0.2) is 21.7 Å². The standard InChI is InChI=1S/C16H28ClN3/c1-3-13(4-2)16(17)12-18-11-14-9-10-20(19-14)15-7-5-6-8-15/h9-10,13,15-16,18H,3-8,11-12H2,1-2H3. The van der Waals surface area contributed by atoms with Crippen molar-refractivity contribution in [2.24, 2.45) is 5.92 Å². The van der Waals surface area contributed by atoms with Gasteiger partial charge in [0.05, 0.1) is 11.7 Å². The first-order chi connectivity index (χ1) is 9.74. The van der Waals surface area contributed by atoms with E-state index in [1.807, 2.05) is 0 Å². The zero-order valence-electron chi connectivity index (χ0n) is 12.8. The molecular weight excluding hydrogens is 270 g/mol. The second kappa shape index (κ2) is 8.04. The molecule has 0 radical (unpaired) electrons. The fourth-order valence-corrected chi connectivity index (χ4v) is 3.61. The zero-order valence-corrected chi connectivity index (χ0v) is 13.6. The Labute approximate surface area is 128 Å². The molecule has 114 valence electrons. The predicted molar refractivity (Wildman–Crippen MR) is 85.2 cm³/mol. The molecule has 1 aromatic rings. The topological polar surface area (TPSA) is 29.9 Å². The molecule has 4 heteroatoms. The van der Waals surface area contributed by atoms with Crippen molar-refractivity contribution in [2.45, 2.75) is 70.3 Å². The van der Waals surface area contributed by atoms with Gasteiger partial charge in [-0.3, -0.25) is 4.68 Å². The van der Waals surface area contributed by atoms with Gasteiger partial charge < -0.3 is 5.32 Å². The number of nitrogens with one attached hydrogen (secondary N) is 1. The summed E-state index contributed by atoms with van der Waals surface area (Å²) in [4.78, 5) is 0. The molecule has 1 N–H and O–H groups in total. The number of alkyl halides is 1. The summed E-state index contributed by atoms with van der Waals surface area (Å²) in [6.07, 6.45) is 9.71. The summed E-state index contributed by atoms with van der Waals surface area (Å²) in [6.45, 7) is 6.12. The molecule has 3 nitrogen and oxygen atoms in total. The van der Waals surface area contributed by atoms with Crippen molar-refractivity contribution in [3.8, 4) is 0 Å². The highest BCUT2D eigenvalue weighted by molar-refractivity contribution is 6.21. The first kappa shape index (κ1) is 15.8. The lowest BCUT2D eigenvalue weighted by Gasteiger charge is -2.19. The molecule has 0 bridgehead atoms. The van der Waals surface area contributed by atoms with Crippen LogP contribution in [0.25, 0.3) is 0 Å². The fourth-order valence-electron chi connectivity index (χ4n) is 3.15. The van der Waals surface area contributed by atoms with Crippen LogP contribution in [-0.2, 0) is 6.54 Å². The minimum absolute atomic E-state index is 0.224. The number of hydrogen-bond donors (Lipinski definition) is 1. The summed E-state index contributed by atoms with van der Waals surface area (Å²) in [6, 6.07) is 2.76.